The third-order valence-electron chi connectivity index (χ3n) is 3.18. The molecule has 0 heterocycles. The molecule has 0 saturated carbocycles. The predicted molar refractivity (Wildman–Crippen MR) is 88.3 cm³/mol. The Bertz CT molecular complexity index is 549. The van der Waals surface area contributed by atoms with Crippen LogP contribution < -0.4 is 5.32 Å². The predicted octanol–water partition coefficient (Wildman–Crippen LogP) is 5.37. The monoisotopic (exact) mass is 381 g/mol. The van der Waals surface area contributed by atoms with E-state index in [0.29, 0.717) is 6.04 Å². The van der Waals surface area contributed by atoms with Crippen LogP contribution in [0.15, 0.2) is 51.4 Å². The Morgan fingerprint density at radius 3 is 2.37 bits per heavy atom. The van der Waals surface area contributed by atoms with E-state index in [-0.39, 0.29) is 0 Å². The summed E-state index contributed by atoms with van der Waals surface area (Å²) < 4.78 is 2.28. The second-order valence-electron chi connectivity index (χ2n) is 4.75. The van der Waals surface area contributed by atoms with Crippen molar-refractivity contribution in [2.24, 2.45) is 0 Å². The Morgan fingerprint density at radius 1 is 1.05 bits per heavy atom. The molecule has 2 aromatic carbocycles. The number of rotatable bonds is 4. The third-order valence-corrected chi connectivity index (χ3v) is 4.44. The van der Waals surface area contributed by atoms with Crippen LogP contribution in [-0.4, -0.2) is 0 Å². The van der Waals surface area contributed by atoms with Crippen LogP contribution >= 0.6 is 31.9 Å². The summed E-state index contributed by atoms with van der Waals surface area (Å²) in [6, 6.07) is 15.2. The Kier molecular flexibility index (Phi) is 5.20. The van der Waals surface area contributed by atoms with Gasteiger partial charge in [0.2, 0.25) is 0 Å². The summed E-state index contributed by atoms with van der Waals surface area (Å²) in [6.45, 7) is 5.15. The number of hydrogen-bond donors (Lipinski definition) is 1. The second-order valence-corrected chi connectivity index (χ2v) is 6.52. The maximum atomic E-state index is 3.62. The Morgan fingerprint density at radius 2 is 1.74 bits per heavy atom. The van der Waals surface area contributed by atoms with E-state index in [1.54, 1.807) is 0 Å². The molecule has 0 fully saturated rings. The van der Waals surface area contributed by atoms with E-state index in [1.807, 2.05) is 0 Å². The van der Waals surface area contributed by atoms with Crippen molar-refractivity contribution in [1.82, 2.24) is 5.32 Å². The summed E-state index contributed by atoms with van der Waals surface area (Å²) >= 11 is 7.08. The van der Waals surface area contributed by atoms with Crippen LogP contribution in [0.5, 0.6) is 0 Å². The molecule has 0 aromatic heterocycles. The van der Waals surface area contributed by atoms with Crippen LogP contribution in [0.1, 0.15) is 29.7 Å². The average molecular weight is 383 g/mol. The van der Waals surface area contributed by atoms with E-state index in [1.165, 1.54) is 21.2 Å². The average Bonchev–Trinajstić information content (AvgIpc) is 2.38. The minimum atomic E-state index is 0.335. The van der Waals surface area contributed by atoms with Crippen LogP contribution in [0.2, 0.25) is 0 Å². The fourth-order valence-corrected chi connectivity index (χ4v) is 2.83. The highest BCUT2D eigenvalue weighted by Crippen LogP contribution is 2.20. The van der Waals surface area contributed by atoms with E-state index < -0.39 is 0 Å². The van der Waals surface area contributed by atoms with Crippen molar-refractivity contribution < 1.29 is 0 Å². The van der Waals surface area contributed by atoms with Crippen LogP contribution in [0.25, 0.3) is 0 Å². The minimum absolute atomic E-state index is 0.335. The molecule has 19 heavy (non-hydrogen) atoms. The van der Waals surface area contributed by atoms with Crippen molar-refractivity contribution in [2.75, 3.05) is 0 Å². The minimum Gasteiger partial charge on any atom is -0.306 e. The molecule has 2 aromatic rings. The maximum Gasteiger partial charge on any atom is 0.0294 e. The van der Waals surface area contributed by atoms with Gasteiger partial charge in [-0.3, -0.25) is 0 Å². The first kappa shape index (κ1) is 14.8. The highest BCUT2D eigenvalue weighted by molar-refractivity contribution is 9.10. The summed E-state index contributed by atoms with van der Waals surface area (Å²) in [5, 5.41) is 3.55. The van der Waals surface area contributed by atoms with Crippen molar-refractivity contribution >= 4 is 31.9 Å². The Hall–Kier alpha value is -0.640. The maximum absolute atomic E-state index is 3.62. The highest BCUT2D eigenvalue weighted by Gasteiger charge is 2.06. The van der Waals surface area contributed by atoms with E-state index in [4.69, 9.17) is 0 Å². The Labute approximate surface area is 131 Å². The largest absolute Gasteiger partial charge is 0.306 e. The fourth-order valence-electron chi connectivity index (χ4n) is 1.93. The first-order chi connectivity index (χ1) is 9.06. The number of halogens is 2. The molecule has 3 heteroatoms. The van der Waals surface area contributed by atoms with Gasteiger partial charge in [-0.05, 0) is 48.7 Å². The van der Waals surface area contributed by atoms with Gasteiger partial charge in [0.05, 0.1) is 0 Å². The van der Waals surface area contributed by atoms with Gasteiger partial charge in [0.15, 0.2) is 0 Å². The zero-order valence-corrected chi connectivity index (χ0v) is 14.3. The molecule has 0 aliphatic carbocycles. The SMILES string of the molecule is Cc1ccc(CNC(C)c2ccc(Br)cc2)c(Br)c1. The molecule has 0 saturated heterocycles. The molecule has 1 nitrogen and oxygen atoms in total. The third kappa shape index (κ3) is 4.16. The van der Waals surface area contributed by atoms with Gasteiger partial charge in [-0.15, -0.1) is 0 Å². The molecular formula is C16H17Br2N. The van der Waals surface area contributed by atoms with Gasteiger partial charge in [0, 0.05) is 21.5 Å². The molecule has 0 radical (unpaired) electrons. The van der Waals surface area contributed by atoms with Gasteiger partial charge in [0.1, 0.15) is 0 Å². The molecule has 0 aliphatic rings. The highest BCUT2D eigenvalue weighted by atomic mass is 79.9. The Balaban J connectivity index is 2.00. The van der Waals surface area contributed by atoms with Crippen molar-refractivity contribution in [3.8, 4) is 0 Å². The summed E-state index contributed by atoms with van der Waals surface area (Å²) in [6.07, 6.45) is 0. The smallest absolute Gasteiger partial charge is 0.0294 e. The fraction of sp³-hybridized carbons (Fsp3) is 0.250. The van der Waals surface area contributed by atoms with Crippen LogP contribution in [0.4, 0.5) is 0 Å². The summed E-state index contributed by atoms with van der Waals surface area (Å²) in [4.78, 5) is 0. The van der Waals surface area contributed by atoms with Crippen molar-refractivity contribution in [3.63, 3.8) is 0 Å². The first-order valence-corrected chi connectivity index (χ1v) is 7.89. The van der Waals surface area contributed by atoms with Crippen LogP contribution in [0, 0.1) is 6.92 Å². The molecular weight excluding hydrogens is 366 g/mol. The molecule has 0 amide bonds. The zero-order valence-electron chi connectivity index (χ0n) is 11.1. The summed E-state index contributed by atoms with van der Waals surface area (Å²) in [5.74, 6) is 0. The molecule has 1 atom stereocenters. The summed E-state index contributed by atoms with van der Waals surface area (Å²) in [7, 11) is 0. The van der Waals surface area contributed by atoms with Gasteiger partial charge in [-0.1, -0.05) is 56.1 Å². The van der Waals surface area contributed by atoms with Gasteiger partial charge < -0.3 is 5.32 Å². The molecule has 100 valence electrons. The lowest BCUT2D eigenvalue weighted by atomic mass is 10.1. The van der Waals surface area contributed by atoms with Crippen LogP contribution in [-0.2, 0) is 6.54 Å². The normalized spacial score (nSPS) is 12.4. The van der Waals surface area contributed by atoms with Gasteiger partial charge in [-0.2, -0.15) is 0 Å². The molecule has 0 bridgehead atoms. The quantitative estimate of drug-likeness (QED) is 0.749. The molecule has 0 aliphatic heterocycles. The topological polar surface area (TPSA) is 12.0 Å². The van der Waals surface area contributed by atoms with Crippen molar-refractivity contribution in [3.05, 3.63) is 68.1 Å². The second kappa shape index (κ2) is 6.69. The number of benzene rings is 2. The number of nitrogens with one attached hydrogen (secondary N) is 1. The van der Waals surface area contributed by atoms with Gasteiger partial charge >= 0.3 is 0 Å². The number of hydrogen-bond acceptors (Lipinski definition) is 1. The lowest BCUT2D eigenvalue weighted by Crippen LogP contribution is -2.18. The lowest BCUT2D eigenvalue weighted by molar-refractivity contribution is 0.573. The summed E-state index contributed by atoms with van der Waals surface area (Å²) in [5.41, 5.74) is 3.86. The number of aryl methyl sites for hydroxylation is 1. The van der Waals surface area contributed by atoms with Gasteiger partial charge in [0.25, 0.3) is 0 Å². The molecule has 0 spiro atoms. The molecule has 1 N–H and O–H groups in total. The van der Waals surface area contributed by atoms with E-state index in [2.05, 4.69) is 93.5 Å². The van der Waals surface area contributed by atoms with E-state index in [0.717, 1.165) is 11.0 Å². The van der Waals surface area contributed by atoms with Crippen LogP contribution in [0.3, 0.4) is 0 Å². The van der Waals surface area contributed by atoms with Gasteiger partial charge in [-0.25, -0.2) is 0 Å². The zero-order chi connectivity index (χ0) is 13.8. The van der Waals surface area contributed by atoms with Crippen molar-refractivity contribution in [2.45, 2.75) is 26.4 Å². The standard InChI is InChI=1S/C16H17Br2N/c1-11-3-4-14(16(18)9-11)10-19-12(2)13-5-7-15(17)8-6-13/h3-9,12,19H,10H2,1-2H3. The van der Waals surface area contributed by atoms with E-state index >= 15 is 0 Å². The molecule has 2 rings (SSSR count). The lowest BCUT2D eigenvalue weighted by Gasteiger charge is -2.15. The van der Waals surface area contributed by atoms with E-state index in [9.17, 15) is 0 Å². The molecule has 1 unspecified atom stereocenters. The first-order valence-electron chi connectivity index (χ1n) is 6.30. The van der Waals surface area contributed by atoms with Crippen molar-refractivity contribution in [1.29, 1.82) is 0 Å².